The molecule has 1 heterocycles. The maximum atomic E-state index is 9.57. The second-order valence-electron chi connectivity index (χ2n) is 4.87. The van der Waals surface area contributed by atoms with Crippen LogP contribution in [0.15, 0.2) is 42.5 Å². The van der Waals surface area contributed by atoms with Gasteiger partial charge in [-0.25, -0.2) is 0 Å². The van der Waals surface area contributed by atoms with Crippen molar-refractivity contribution in [1.82, 2.24) is 0 Å². The zero-order chi connectivity index (χ0) is 13.2. The Hall–Kier alpha value is -1.84. The summed E-state index contributed by atoms with van der Waals surface area (Å²) in [5.74, 6) is 0. The first-order valence-electron chi connectivity index (χ1n) is 6.39. The summed E-state index contributed by atoms with van der Waals surface area (Å²) in [6, 6.07) is 14.4. The van der Waals surface area contributed by atoms with E-state index in [0.29, 0.717) is 6.61 Å². The normalized spacial score (nSPS) is 14.1. The summed E-state index contributed by atoms with van der Waals surface area (Å²) < 4.78 is 5.19. The highest BCUT2D eigenvalue weighted by Crippen LogP contribution is 2.14. The lowest BCUT2D eigenvalue weighted by Crippen LogP contribution is -2.27. The lowest BCUT2D eigenvalue weighted by Gasteiger charge is -2.00. The molecule has 0 spiro atoms. The molecule has 0 unspecified atom stereocenters. The number of aryl methyl sites for hydroxylation is 1. The quantitative estimate of drug-likeness (QED) is 0.655. The molecule has 2 aromatic rings. The number of fused-ring (bicyclic) bond motifs is 1. The molecule has 3 rings (SSSR count). The van der Waals surface area contributed by atoms with E-state index in [4.69, 9.17) is 4.65 Å². The molecule has 0 aliphatic carbocycles. The maximum Gasteiger partial charge on any atom is 0.491 e. The average molecular weight is 250 g/mol. The molecule has 19 heavy (non-hydrogen) atoms. The van der Waals surface area contributed by atoms with Crippen LogP contribution in [-0.2, 0) is 11.3 Å². The molecule has 1 aliphatic rings. The summed E-state index contributed by atoms with van der Waals surface area (Å²) >= 11 is 0. The first-order chi connectivity index (χ1) is 9.22. The van der Waals surface area contributed by atoms with E-state index in [1.54, 1.807) is 0 Å². The van der Waals surface area contributed by atoms with Crippen molar-refractivity contribution in [3.05, 3.63) is 64.7 Å². The molecule has 2 aromatic carbocycles. The first-order valence-corrected chi connectivity index (χ1v) is 6.39. The van der Waals surface area contributed by atoms with Crippen LogP contribution < -0.4 is 5.46 Å². The predicted octanol–water partition coefficient (Wildman–Crippen LogP) is 2.38. The van der Waals surface area contributed by atoms with Crippen LogP contribution in [0.5, 0.6) is 0 Å². The van der Waals surface area contributed by atoms with Gasteiger partial charge in [0.1, 0.15) is 0 Å². The van der Waals surface area contributed by atoms with Crippen LogP contribution in [0.4, 0.5) is 0 Å². The largest absolute Gasteiger partial charge is 0.491 e. The molecule has 0 amide bonds. The van der Waals surface area contributed by atoms with Crippen LogP contribution in [0.1, 0.15) is 22.3 Å². The molecule has 3 heteroatoms. The standard InChI is InChI=1S/C16H15BO2/c1-12-3-2-4-13(9-12)5-6-14-7-8-16-15(10-14)11-19-17(16)18/h2-10,18H,11H2,1H3/b6-5+. The number of rotatable bonds is 2. The van der Waals surface area contributed by atoms with Crippen LogP contribution in [0, 0.1) is 6.92 Å². The molecule has 1 aliphatic heterocycles. The van der Waals surface area contributed by atoms with Gasteiger partial charge in [-0.3, -0.25) is 0 Å². The van der Waals surface area contributed by atoms with E-state index in [1.165, 1.54) is 11.1 Å². The van der Waals surface area contributed by atoms with Crippen LogP contribution in [0.25, 0.3) is 12.2 Å². The van der Waals surface area contributed by atoms with Gasteiger partial charge in [0.05, 0.1) is 6.61 Å². The van der Waals surface area contributed by atoms with Gasteiger partial charge in [0.2, 0.25) is 0 Å². The van der Waals surface area contributed by atoms with Crippen LogP contribution in [0.3, 0.4) is 0 Å². The predicted molar refractivity (Wildman–Crippen MR) is 78.9 cm³/mol. The summed E-state index contributed by atoms with van der Waals surface area (Å²) in [6.45, 7) is 2.58. The molecule has 0 saturated heterocycles. The van der Waals surface area contributed by atoms with Gasteiger partial charge < -0.3 is 9.68 Å². The Bertz CT molecular complexity index is 634. The molecule has 0 bridgehead atoms. The van der Waals surface area contributed by atoms with E-state index in [2.05, 4.69) is 49.4 Å². The summed E-state index contributed by atoms with van der Waals surface area (Å²) in [7, 11) is -0.759. The third-order valence-corrected chi connectivity index (χ3v) is 3.34. The van der Waals surface area contributed by atoms with Gasteiger partial charge in [-0.05, 0) is 35.1 Å². The second-order valence-corrected chi connectivity index (χ2v) is 4.87. The van der Waals surface area contributed by atoms with Gasteiger partial charge in [-0.15, -0.1) is 0 Å². The minimum absolute atomic E-state index is 0.489. The molecule has 2 nitrogen and oxygen atoms in total. The molecular formula is C16H15BO2. The zero-order valence-electron chi connectivity index (χ0n) is 10.8. The van der Waals surface area contributed by atoms with Crippen molar-refractivity contribution in [2.75, 3.05) is 0 Å². The van der Waals surface area contributed by atoms with E-state index in [9.17, 15) is 5.02 Å². The molecule has 1 N–H and O–H groups in total. The van der Waals surface area contributed by atoms with Crippen molar-refractivity contribution in [3.63, 3.8) is 0 Å². The van der Waals surface area contributed by atoms with Crippen molar-refractivity contribution >= 4 is 24.7 Å². The lowest BCUT2D eigenvalue weighted by atomic mass is 9.79. The van der Waals surface area contributed by atoms with Crippen molar-refractivity contribution in [3.8, 4) is 0 Å². The summed E-state index contributed by atoms with van der Waals surface area (Å²) in [5.41, 5.74) is 5.52. The highest BCUT2D eigenvalue weighted by Gasteiger charge is 2.26. The van der Waals surface area contributed by atoms with Gasteiger partial charge in [-0.2, -0.15) is 0 Å². The third-order valence-electron chi connectivity index (χ3n) is 3.34. The topological polar surface area (TPSA) is 29.5 Å². The fourth-order valence-electron chi connectivity index (χ4n) is 2.32. The Kier molecular flexibility index (Phi) is 3.24. The summed E-state index contributed by atoms with van der Waals surface area (Å²) in [6.07, 6.45) is 4.18. The van der Waals surface area contributed by atoms with Crippen molar-refractivity contribution in [1.29, 1.82) is 0 Å². The Morgan fingerprint density at radius 2 is 1.89 bits per heavy atom. The van der Waals surface area contributed by atoms with Crippen molar-refractivity contribution in [2.45, 2.75) is 13.5 Å². The Balaban J connectivity index is 1.84. The molecule has 0 saturated carbocycles. The summed E-state index contributed by atoms with van der Waals surface area (Å²) in [5, 5.41) is 9.57. The average Bonchev–Trinajstić information content (AvgIpc) is 2.78. The minimum Gasteiger partial charge on any atom is -0.423 e. The van der Waals surface area contributed by atoms with Crippen LogP contribution in [-0.4, -0.2) is 12.1 Å². The van der Waals surface area contributed by atoms with Gasteiger partial charge >= 0.3 is 7.12 Å². The minimum atomic E-state index is -0.759. The van der Waals surface area contributed by atoms with Gasteiger partial charge in [-0.1, -0.05) is 54.1 Å². The monoisotopic (exact) mass is 250 g/mol. The van der Waals surface area contributed by atoms with E-state index < -0.39 is 7.12 Å². The Morgan fingerprint density at radius 3 is 2.68 bits per heavy atom. The fourth-order valence-corrected chi connectivity index (χ4v) is 2.32. The third kappa shape index (κ3) is 2.62. The highest BCUT2D eigenvalue weighted by molar-refractivity contribution is 6.61. The van der Waals surface area contributed by atoms with E-state index in [-0.39, 0.29) is 0 Å². The van der Waals surface area contributed by atoms with E-state index >= 15 is 0 Å². The van der Waals surface area contributed by atoms with Crippen molar-refractivity contribution < 1.29 is 9.68 Å². The van der Waals surface area contributed by atoms with Crippen LogP contribution >= 0.6 is 0 Å². The van der Waals surface area contributed by atoms with E-state index in [1.807, 2.05) is 12.1 Å². The van der Waals surface area contributed by atoms with Gasteiger partial charge in [0.25, 0.3) is 0 Å². The Morgan fingerprint density at radius 1 is 1.11 bits per heavy atom. The molecule has 94 valence electrons. The number of hydrogen-bond acceptors (Lipinski definition) is 2. The molecule has 0 aromatic heterocycles. The number of hydrogen-bond donors (Lipinski definition) is 1. The van der Waals surface area contributed by atoms with Crippen LogP contribution in [0.2, 0.25) is 0 Å². The highest BCUT2D eigenvalue weighted by atomic mass is 16.5. The van der Waals surface area contributed by atoms with E-state index in [0.717, 1.165) is 16.6 Å². The summed E-state index contributed by atoms with van der Waals surface area (Å²) in [4.78, 5) is 0. The number of benzene rings is 2. The molecule has 0 atom stereocenters. The second kappa shape index (κ2) is 5.04. The molecule has 0 fully saturated rings. The first kappa shape index (κ1) is 12.2. The molecule has 0 radical (unpaired) electrons. The Labute approximate surface area is 113 Å². The molecular weight excluding hydrogens is 235 g/mol. The van der Waals surface area contributed by atoms with Crippen molar-refractivity contribution in [2.24, 2.45) is 0 Å². The zero-order valence-corrected chi connectivity index (χ0v) is 10.8. The fraction of sp³-hybridized carbons (Fsp3) is 0.125. The lowest BCUT2D eigenvalue weighted by molar-refractivity contribution is 0.275. The maximum absolute atomic E-state index is 9.57. The smallest absolute Gasteiger partial charge is 0.423 e. The van der Waals surface area contributed by atoms with Gasteiger partial charge in [0.15, 0.2) is 0 Å². The van der Waals surface area contributed by atoms with Gasteiger partial charge in [0, 0.05) is 0 Å². The SMILES string of the molecule is Cc1cccc(/C=C/c2ccc3c(c2)COB3O)c1.